The molecule has 3 aromatic rings. The molecular weight excluding hydrogens is 320 g/mol. The molecule has 0 saturated heterocycles. The van der Waals surface area contributed by atoms with Gasteiger partial charge in [-0.3, -0.25) is 9.78 Å². The summed E-state index contributed by atoms with van der Waals surface area (Å²) in [6.07, 6.45) is 1.63. The van der Waals surface area contributed by atoms with Crippen molar-refractivity contribution < 1.29 is 4.79 Å². The van der Waals surface area contributed by atoms with E-state index in [1.54, 1.807) is 6.20 Å². The van der Waals surface area contributed by atoms with Crippen molar-refractivity contribution in [3.8, 4) is 11.3 Å². The minimum Gasteiger partial charge on any atom is -0.322 e. The van der Waals surface area contributed by atoms with Crippen molar-refractivity contribution in [1.29, 1.82) is 0 Å². The molecule has 0 bridgehead atoms. The van der Waals surface area contributed by atoms with E-state index in [0.717, 1.165) is 16.9 Å². The number of anilines is 1. The summed E-state index contributed by atoms with van der Waals surface area (Å²) >= 11 is 0. The summed E-state index contributed by atoms with van der Waals surface area (Å²) in [4.78, 5) is 16.9. The first-order valence-electron chi connectivity index (χ1n) is 8.89. The van der Waals surface area contributed by atoms with Gasteiger partial charge < -0.3 is 5.32 Å². The van der Waals surface area contributed by atoms with Gasteiger partial charge in [0.15, 0.2) is 0 Å². The molecule has 1 amide bonds. The van der Waals surface area contributed by atoms with Crippen molar-refractivity contribution in [2.24, 2.45) is 0 Å². The minimum absolute atomic E-state index is 0.151. The molecule has 0 spiro atoms. The van der Waals surface area contributed by atoms with E-state index >= 15 is 0 Å². The van der Waals surface area contributed by atoms with Crippen molar-refractivity contribution in [1.82, 2.24) is 4.98 Å². The van der Waals surface area contributed by atoms with Crippen molar-refractivity contribution in [2.75, 3.05) is 5.32 Å². The van der Waals surface area contributed by atoms with E-state index < -0.39 is 0 Å². The smallest absolute Gasteiger partial charge is 0.257 e. The quantitative estimate of drug-likeness (QED) is 0.655. The van der Waals surface area contributed by atoms with E-state index in [1.165, 1.54) is 16.7 Å². The Balaban J connectivity index is 1.75. The lowest BCUT2D eigenvalue weighted by Crippen LogP contribution is -2.12. The molecule has 3 heteroatoms. The van der Waals surface area contributed by atoms with Gasteiger partial charge in [0, 0.05) is 17.4 Å². The molecule has 0 aliphatic rings. The molecule has 0 aliphatic heterocycles. The molecule has 0 aliphatic carbocycles. The number of carbonyl (C=O) groups excluding carboxylic acids is 1. The van der Waals surface area contributed by atoms with Crippen molar-refractivity contribution in [3.63, 3.8) is 0 Å². The number of rotatable bonds is 4. The highest BCUT2D eigenvalue weighted by atomic mass is 16.1. The number of hydrogen-bond donors (Lipinski definition) is 1. The summed E-state index contributed by atoms with van der Waals surface area (Å²) < 4.78 is 0. The zero-order chi connectivity index (χ0) is 18.7. The number of hydrogen-bond acceptors (Lipinski definition) is 2. The molecule has 3 rings (SSSR count). The second kappa shape index (κ2) is 7.52. The third-order valence-electron chi connectivity index (χ3n) is 4.53. The van der Waals surface area contributed by atoms with Crippen molar-refractivity contribution in [2.45, 2.75) is 33.6 Å². The Morgan fingerprint density at radius 1 is 0.962 bits per heavy atom. The third-order valence-corrected chi connectivity index (χ3v) is 4.53. The second-order valence-electron chi connectivity index (χ2n) is 6.98. The lowest BCUT2D eigenvalue weighted by Gasteiger charge is -2.09. The van der Waals surface area contributed by atoms with E-state index in [9.17, 15) is 4.79 Å². The van der Waals surface area contributed by atoms with Gasteiger partial charge in [-0.05, 0) is 61.2 Å². The minimum atomic E-state index is -0.151. The first-order valence-corrected chi connectivity index (χ1v) is 8.89. The van der Waals surface area contributed by atoms with Gasteiger partial charge in [-0.1, -0.05) is 43.7 Å². The fourth-order valence-electron chi connectivity index (χ4n) is 2.85. The van der Waals surface area contributed by atoms with Gasteiger partial charge in [0.25, 0.3) is 5.91 Å². The number of nitrogens with zero attached hydrogens (tertiary/aromatic N) is 1. The summed E-state index contributed by atoms with van der Waals surface area (Å²) in [6, 6.07) is 18.0. The number of aryl methyl sites for hydroxylation is 2. The Hall–Kier alpha value is -2.94. The summed E-state index contributed by atoms with van der Waals surface area (Å²) in [5, 5.41) is 2.93. The molecule has 0 atom stereocenters. The predicted molar refractivity (Wildman–Crippen MR) is 108 cm³/mol. The van der Waals surface area contributed by atoms with E-state index in [2.05, 4.69) is 56.2 Å². The fourth-order valence-corrected chi connectivity index (χ4v) is 2.85. The van der Waals surface area contributed by atoms with Crippen LogP contribution in [-0.2, 0) is 0 Å². The van der Waals surface area contributed by atoms with E-state index in [-0.39, 0.29) is 5.91 Å². The Morgan fingerprint density at radius 3 is 2.31 bits per heavy atom. The van der Waals surface area contributed by atoms with Gasteiger partial charge >= 0.3 is 0 Å². The number of pyridine rings is 1. The lowest BCUT2D eigenvalue weighted by molar-refractivity contribution is 0.102. The molecule has 1 N–H and O–H groups in total. The second-order valence-corrected chi connectivity index (χ2v) is 6.98. The molecule has 1 aromatic heterocycles. The molecular formula is C23H24N2O. The molecule has 26 heavy (non-hydrogen) atoms. The van der Waals surface area contributed by atoms with Crippen LogP contribution in [0, 0.1) is 13.8 Å². The Bertz CT molecular complexity index is 910. The largest absolute Gasteiger partial charge is 0.322 e. The maximum atomic E-state index is 12.5. The molecule has 0 saturated carbocycles. The van der Waals surface area contributed by atoms with E-state index in [1.807, 2.05) is 36.4 Å². The Morgan fingerprint density at radius 2 is 1.69 bits per heavy atom. The fraction of sp³-hybridized carbons (Fsp3) is 0.217. The number of carbonyl (C=O) groups is 1. The summed E-state index contributed by atoms with van der Waals surface area (Å²) in [7, 11) is 0. The highest BCUT2D eigenvalue weighted by molar-refractivity contribution is 6.04. The molecule has 2 aromatic carbocycles. The zero-order valence-electron chi connectivity index (χ0n) is 15.7. The molecule has 132 valence electrons. The monoisotopic (exact) mass is 344 g/mol. The molecule has 0 radical (unpaired) electrons. The third kappa shape index (κ3) is 3.99. The van der Waals surface area contributed by atoms with Crippen LogP contribution in [0.2, 0.25) is 0 Å². The van der Waals surface area contributed by atoms with Crippen molar-refractivity contribution >= 4 is 11.6 Å². The van der Waals surface area contributed by atoms with Gasteiger partial charge in [-0.15, -0.1) is 0 Å². The number of nitrogens with one attached hydrogen (secondary N) is 1. The lowest BCUT2D eigenvalue weighted by atomic mass is 10.0. The van der Waals surface area contributed by atoms with Gasteiger partial charge in [-0.25, -0.2) is 0 Å². The summed E-state index contributed by atoms with van der Waals surface area (Å²) in [6.45, 7) is 8.43. The van der Waals surface area contributed by atoms with Crippen LogP contribution >= 0.6 is 0 Å². The van der Waals surface area contributed by atoms with Gasteiger partial charge in [0.05, 0.1) is 11.3 Å². The normalized spacial score (nSPS) is 10.8. The molecule has 3 nitrogen and oxygen atoms in total. The van der Waals surface area contributed by atoms with Crippen molar-refractivity contribution in [3.05, 3.63) is 83.0 Å². The highest BCUT2D eigenvalue weighted by Crippen LogP contribution is 2.23. The van der Waals surface area contributed by atoms with Crippen LogP contribution in [0.4, 0.5) is 5.69 Å². The Labute approximate surface area is 155 Å². The first kappa shape index (κ1) is 17.9. The van der Waals surface area contributed by atoms with Crippen LogP contribution in [0.15, 0.2) is 60.8 Å². The zero-order valence-corrected chi connectivity index (χ0v) is 15.7. The van der Waals surface area contributed by atoms with E-state index in [4.69, 9.17) is 0 Å². The maximum absolute atomic E-state index is 12.5. The Kier molecular flexibility index (Phi) is 5.17. The van der Waals surface area contributed by atoms with Gasteiger partial charge in [0.1, 0.15) is 0 Å². The molecule has 0 fully saturated rings. The van der Waals surface area contributed by atoms with Crippen LogP contribution in [0.1, 0.15) is 46.8 Å². The average Bonchev–Trinajstić information content (AvgIpc) is 2.64. The van der Waals surface area contributed by atoms with Crippen LogP contribution in [0.25, 0.3) is 11.3 Å². The molecule has 0 unspecified atom stereocenters. The summed E-state index contributed by atoms with van der Waals surface area (Å²) in [5.74, 6) is 0.323. The SMILES string of the molecule is Cc1ccc(C)c(-c2ccc(C(=O)Nc3ccc(C(C)C)cc3)cn2)c1. The number of amides is 1. The van der Waals surface area contributed by atoms with Crippen LogP contribution in [0.3, 0.4) is 0 Å². The number of aromatic nitrogens is 1. The highest BCUT2D eigenvalue weighted by Gasteiger charge is 2.09. The van der Waals surface area contributed by atoms with E-state index in [0.29, 0.717) is 11.5 Å². The van der Waals surface area contributed by atoms with Crippen LogP contribution in [0.5, 0.6) is 0 Å². The van der Waals surface area contributed by atoms with Gasteiger partial charge in [-0.2, -0.15) is 0 Å². The molecule has 1 heterocycles. The average molecular weight is 344 g/mol. The van der Waals surface area contributed by atoms with Crippen LogP contribution in [-0.4, -0.2) is 10.9 Å². The maximum Gasteiger partial charge on any atom is 0.257 e. The first-order chi connectivity index (χ1) is 12.4. The van der Waals surface area contributed by atoms with Gasteiger partial charge in [0.2, 0.25) is 0 Å². The predicted octanol–water partition coefficient (Wildman–Crippen LogP) is 5.74. The standard InChI is InChI=1S/C23H24N2O/c1-15(2)18-7-10-20(11-8-18)25-23(26)19-9-12-22(24-14-19)21-13-16(3)5-6-17(21)4/h5-15H,1-4H3,(H,25,26). The summed E-state index contributed by atoms with van der Waals surface area (Å²) in [5.41, 5.74) is 6.93. The van der Waals surface area contributed by atoms with Crippen LogP contribution < -0.4 is 5.32 Å². The number of benzene rings is 2. The topological polar surface area (TPSA) is 42.0 Å².